The molecule has 0 aliphatic carbocycles. The van der Waals surface area contributed by atoms with Crippen LogP contribution in [0.15, 0.2) is 0 Å². The van der Waals surface area contributed by atoms with Gasteiger partial charge in [-0.3, -0.25) is 4.79 Å². The molecule has 1 unspecified atom stereocenters. The summed E-state index contributed by atoms with van der Waals surface area (Å²) in [4.78, 5) is 11.2. The van der Waals surface area contributed by atoms with E-state index in [1.165, 1.54) is 0 Å². The molecule has 0 aromatic rings. The quantitative estimate of drug-likeness (QED) is 0.545. The van der Waals surface area contributed by atoms with Crippen LogP contribution in [-0.4, -0.2) is 51.2 Å². The summed E-state index contributed by atoms with van der Waals surface area (Å²) in [7, 11) is 1.63. The van der Waals surface area contributed by atoms with E-state index in [9.17, 15) is 4.79 Å². The second-order valence-corrected chi connectivity index (χ2v) is 4.58. The number of ether oxygens (including phenoxy) is 3. The molecule has 0 aliphatic rings. The Labute approximate surface area is 109 Å². The molecule has 0 saturated heterocycles. The number of rotatable bonds is 12. The first-order valence-corrected chi connectivity index (χ1v) is 6.44. The lowest BCUT2D eigenvalue weighted by Gasteiger charge is -2.23. The Kier molecular flexibility index (Phi) is 9.92. The van der Waals surface area contributed by atoms with Crippen molar-refractivity contribution in [2.24, 2.45) is 5.41 Å². The zero-order chi connectivity index (χ0) is 13.9. The van der Waals surface area contributed by atoms with Gasteiger partial charge in [0.1, 0.15) is 0 Å². The van der Waals surface area contributed by atoms with Crippen molar-refractivity contribution in [3.05, 3.63) is 0 Å². The molecule has 5 nitrogen and oxygen atoms in total. The Hall–Kier alpha value is -0.650. The van der Waals surface area contributed by atoms with Crippen LogP contribution in [0.25, 0.3) is 0 Å². The fourth-order valence-corrected chi connectivity index (χ4v) is 1.65. The van der Waals surface area contributed by atoms with Crippen LogP contribution >= 0.6 is 0 Å². The third-order valence-corrected chi connectivity index (χ3v) is 2.92. The third kappa shape index (κ3) is 7.63. The van der Waals surface area contributed by atoms with Gasteiger partial charge in [-0.05, 0) is 19.8 Å². The van der Waals surface area contributed by atoms with Gasteiger partial charge >= 0.3 is 5.97 Å². The van der Waals surface area contributed by atoms with Crippen molar-refractivity contribution in [1.82, 2.24) is 0 Å². The van der Waals surface area contributed by atoms with Crippen LogP contribution in [0.4, 0.5) is 0 Å². The van der Waals surface area contributed by atoms with E-state index in [4.69, 9.17) is 19.3 Å². The molecule has 1 N–H and O–H groups in total. The summed E-state index contributed by atoms with van der Waals surface area (Å²) >= 11 is 0. The summed E-state index contributed by atoms with van der Waals surface area (Å²) in [6.07, 6.45) is 2.08. The highest BCUT2D eigenvalue weighted by Crippen LogP contribution is 2.27. The van der Waals surface area contributed by atoms with Gasteiger partial charge in [0.05, 0.1) is 31.8 Å². The fraction of sp³-hybridized carbons (Fsp3) is 0.923. The normalized spacial score (nSPS) is 14.4. The lowest BCUT2D eigenvalue weighted by molar-refractivity contribution is -0.149. The zero-order valence-corrected chi connectivity index (χ0v) is 11.7. The van der Waals surface area contributed by atoms with E-state index in [1.807, 2.05) is 6.92 Å². The predicted octanol–water partition coefficient (Wildman–Crippen LogP) is 1.95. The standard InChI is InChI=1S/C13H26O5/c1-4-5-13(2,12(14)15)6-7-17-10-11-18-9-8-16-3/h4-11H2,1-3H3,(H,14,15). The van der Waals surface area contributed by atoms with E-state index < -0.39 is 11.4 Å². The van der Waals surface area contributed by atoms with Crippen LogP contribution in [-0.2, 0) is 19.0 Å². The molecule has 0 heterocycles. The Morgan fingerprint density at radius 3 is 2.11 bits per heavy atom. The van der Waals surface area contributed by atoms with E-state index in [1.54, 1.807) is 14.0 Å². The maximum absolute atomic E-state index is 11.2. The molecule has 18 heavy (non-hydrogen) atoms. The number of carbonyl (C=O) groups is 1. The van der Waals surface area contributed by atoms with Crippen molar-refractivity contribution in [3.8, 4) is 0 Å². The van der Waals surface area contributed by atoms with Crippen molar-refractivity contribution < 1.29 is 24.1 Å². The van der Waals surface area contributed by atoms with Gasteiger partial charge in [0.25, 0.3) is 0 Å². The number of aliphatic carboxylic acids is 1. The van der Waals surface area contributed by atoms with Crippen molar-refractivity contribution in [2.45, 2.75) is 33.1 Å². The molecule has 0 amide bonds. The minimum absolute atomic E-state index is 0.455. The highest BCUT2D eigenvalue weighted by Gasteiger charge is 2.31. The largest absolute Gasteiger partial charge is 0.481 e. The summed E-state index contributed by atoms with van der Waals surface area (Å²) in [5, 5.41) is 9.17. The number of carboxylic acids is 1. The molecule has 0 fully saturated rings. The van der Waals surface area contributed by atoms with Gasteiger partial charge < -0.3 is 19.3 Å². The predicted molar refractivity (Wildman–Crippen MR) is 68.8 cm³/mol. The summed E-state index contributed by atoms with van der Waals surface area (Å²) in [5.41, 5.74) is -0.675. The Morgan fingerprint density at radius 2 is 1.61 bits per heavy atom. The van der Waals surface area contributed by atoms with E-state index in [-0.39, 0.29) is 0 Å². The zero-order valence-electron chi connectivity index (χ0n) is 11.7. The first-order valence-electron chi connectivity index (χ1n) is 6.44. The smallest absolute Gasteiger partial charge is 0.309 e. The average Bonchev–Trinajstić information content (AvgIpc) is 2.33. The SMILES string of the molecule is CCCC(C)(CCOCCOCCOC)C(=O)O. The van der Waals surface area contributed by atoms with Crippen molar-refractivity contribution in [1.29, 1.82) is 0 Å². The lowest BCUT2D eigenvalue weighted by atomic mass is 9.83. The highest BCUT2D eigenvalue weighted by molar-refractivity contribution is 5.74. The van der Waals surface area contributed by atoms with E-state index in [2.05, 4.69) is 0 Å². The maximum Gasteiger partial charge on any atom is 0.309 e. The summed E-state index contributed by atoms with van der Waals surface area (Å²) in [6, 6.07) is 0. The Balaban J connectivity index is 3.59. The van der Waals surface area contributed by atoms with Crippen LogP contribution in [0, 0.1) is 5.41 Å². The van der Waals surface area contributed by atoms with Crippen LogP contribution < -0.4 is 0 Å². The monoisotopic (exact) mass is 262 g/mol. The molecule has 108 valence electrons. The summed E-state index contributed by atoms with van der Waals surface area (Å²) < 4.78 is 15.4. The minimum atomic E-state index is -0.746. The molecular formula is C13H26O5. The van der Waals surface area contributed by atoms with Crippen LogP contribution in [0.3, 0.4) is 0 Å². The summed E-state index contributed by atoms with van der Waals surface area (Å²) in [6.45, 7) is 6.36. The maximum atomic E-state index is 11.2. The topological polar surface area (TPSA) is 65.0 Å². The highest BCUT2D eigenvalue weighted by atomic mass is 16.5. The molecule has 0 spiro atoms. The second-order valence-electron chi connectivity index (χ2n) is 4.58. The molecule has 5 heteroatoms. The van der Waals surface area contributed by atoms with Gasteiger partial charge in [-0.15, -0.1) is 0 Å². The van der Waals surface area contributed by atoms with Crippen LogP contribution in [0.1, 0.15) is 33.1 Å². The molecule has 0 saturated carbocycles. The Bertz CT molecular complexity index is 219. The summed E-state index contributed by atoms with van der Waals surface area (Å²) in [5.74, 6) is -0.746. The van der Waals surface area contributed by atoms with Gasteiger partial charge in [0.15, 0.2) is 0 Å². The van der Waals surface area contributed by atoms with Gasteiger partial charge in [-0.1, -0.05) is 13.3 Å². The van der Waals surface area contributed by atoms with Crippen molar-refractivity contribution >= 4 is 5.97 Å². The van der Waals surface area contributed by atoms with Crippen LogP contribution in [0.2, 0.25) is 0 Å². The number of methoxy groups -OCH3 is 1. The van der Waals surface area contributed by atoms with Crippen molar-refractivity contribution in [3.63, 3.8) is 0 Å². The first-order chi connectivity index (χ1) is 8.56. The molecular weight excluding hydrogens is 236 g/mol. The van der Waals surface area contributed by atoms with Gasteiger partial charge in [-0.25, -0.2) is 0 Å². The van der Waals surface area contributed by atoms with Gasteiger partial charge in [0.2, 0.25) is 0 Å². The van der Waals surface area contributed by atoms with Crippen LogP contribution in [0.5, 0.6) is 0 Å². The average molecular weight is 262 g/mol. The van der Waals surface area contributed by atoms with Gasteiger partial charge in [0, 0.05) is 13.7 Å². The molecule has 0 rings (SSSR count). The third-order valence-electron chi connectivity index (χ3n) is 2.92. The van der Waals surface area contributed by atoms with E-state index >= 15 is 0 Å². The molecule has 0 radical (unpaired) electrons. The van der Waals surface area contributed by atoms with E-state index in [0.717, 1.165) is 6.42 Å². The Morgan fingerprint density at radius 1 is 1.06 bits per heavy atom. The minimum Gasteiger partial charge on any atom is -0.481 e. The molecule has 0 bridgehead atoms. The number of carboxylic acid groups (broad SMARTS) is 1. The molecule has 1 atom stereocenters. The van der Waals surface area contributed by atoms with Crippen molar-refractivity contribution in [2.75, 3.05) is 40.1 Å². The van der Waals surface area contributed by atoms with Gasteiger partial charge in [-0.2, -0.15) is 0 Å². The molecule has 0 aromatic carbocycles. The molecule has 0 aromatic heterocycles. The molecule has 0 aliphatic heterocycles. The fourth-order valence-electron chi connectivity index (χ4n) is 1.65. The lowest BCUT2D eigenvalue weighted by Crippen LogP contribution is -2.29. The first kappa shape index (κ1) is 17.4. The number of hydrogen-bond acceptors (Lipinski definition) is 4. The number of hydrogen-bond donors (Lipinski definition) is 1. The van der Waals surface area contributed by atoms with E-state index in [0.29, 0.717) is 45.9 Å². The second kappa shape index (κ2) is 10.3.